The van der Waals surface area contributed by atoms with Crippen molar-refractivity contribution in [1.82, 2.24) is 19.3 Å². The van der Waals surface area contributed by atoms with E-state index in [4.69, 9.17) is 14.8 Å². The SMILES string of the molecule is Cc1ccc(-c2c(C(C)C)nn(-c3cccc(Oc4ccc5c6ccccc6n(-c6cc(C)ccn6)c5c4)c3)c2C(C)C)cc1. The Morgan fingerprint density at radius 3 is 2.16 bits per heavy atom. The standard InChI is InChI=1S/C40H38N4O/c1-25(2)39-38(29-16-14-27(5)15-17-29)40(26(3)4)44(42-39)30-10-9-11-31(23-30)45-32-18-19-34-33-12-7-8-13-35(33)43(36(34)24-32)37-22-28(6)20-21-41-37/h7-26H,1-6H3. The third-order valence-corrected chi connectivity index (χ3v) is 8.46. The van der Waals surface area contributed by atoms with Crippen molar-refractivity contribution >= 4 is 21.8 Å². The van der Waals surface area contributed by atoms with Gasteiger partial charge in [0.05, 0.1) is 28.1 Å². The number of para-hydroxylation sites is 1. The number of nitrogens with zero attached hydrogens (tertiary/aromatic N) is 4. The van der Waals surface area contributed by atoms with Crippen LogP contribution in [-0.2, 0) is 0 Å². The monoisotopic (exact) mass is 590 g/mol. The average Bonchev–Trinajstić information content (AvgIpc) is 3.59. The summed E-state index contributed by atoms with van der Waals surface area (Å²) < 4.78 is 10.9. The van der Waals surface area contributed by atoms with E-state index in [9.17, 15) is 0 Å². The van der Waals surface area contributed by atoms with Gasteiger partial charge in [-0.1, -0.05) is 81.8 Å². The average molecular weight is 591 g/mol. The van der Waals surface area contributed by atoms with Gasteiger partial charge in [-0.25, -0.2) is 9.67 Å². The Kier molecular flexibility index (Phi) is 7.25. The molecule has 45 heavy (non-hydrogen) atoms. The summed E-state index contributed by atoms with van der Waals surface area (Å²) in [5.41, 5.74) is 10.3. The topological polar surface area (TPSA) is 44.9 Å². The van der Waals surface area contributed by atoms with E-state index >= 15 is 0 Å². The highest BCUT2D eigenvalue weighted by molar-refractivity contribution is 6.09. The van der Waals surface area contributed by atoms with Gasteiger partial charge in [-0.05, 0) is 79.3 Å². The van der Waals surface area contributed by atoms with Crippen LogP contribution in [0.5, 0.6) is 11.5 Å². The maximum Gasteiger partial charge on any atom is 0.137 e. The molecule has 0 unspecified atom stereocenters. The molecule has 0 saturated heterocycles. The highest BCUT2D eigenvalue weighted by Crippen LogP contribution is 2.39. The largest absolute Gasteiger partial charge is 0.457 e. The maximum absolute atomic E-state index is 6.57. The molecule has 3 heterocycles. The predicted molar refractivity (Wildman–Crippen MR) is 185 cm³/mol. The Bertz CT molecular complexity index is 2170. The normalized spacial score (nSPS) is 11.7. The van der Waals surface area contributed by atoms with Crippen molar-refractivity contribution in [3.63, 3.8) is 0 Å². The van der Waals surface area contributed by atoms with E-state index in [0.29, 0.717) is 0 Å². The summed E-state index contributed by atoms with van der Waals surface area (Å²) in [7, 11) is 0. The molecule has 0 amide bonds. The van der Waals surface area contributed by atoms with Gasteiger partial charge in [0, 0.05) is 34.7 Å². The van der Waals surface area contributed by atoms with Crippen LogP contribution >= 0.6 is 0 Å². The molecule has 4 aromatic carbocycles. The first kappa shape index (κ1) is 28.6. The zero-order valence-electron chi connectivity index (χ0n) is 26.7. The summed E-state index contributed by atoms with van der Waals surface area (Å²) >= 11 is 0. The molecule has 0 aliphatic rings. The minimum absolute atomic E-state index is 0.269. The van der Waals surface area contributed by atoms with E-state index in [2.05, 4.69) is 136 Å². The molecule has 3 aromatic heterocycles. The molecule has 5 nitrogen and oxygen atoms in total. The number of rotatable bonds is 7. The molecular formula is C40H38N4O. The quantitative estimate of drug-likeness (QED) is 0.185. The number of hydrogen-bond donors (Lipinski definition) is 0. The summed E-state index contributed by atoms with van der Waals surface area (Å²) in [6.45, 7) is 13.1. The highest BCUT2D eigenvalue weighted by Gasteiger charge is 2.24. The van der Waals surface area contributed by atoms with E-state index in [0.717, 1.165) is 45.1 Å². The van der Waals surface area contributed by atoms with E-state index in [1.54, 1.807) is 0 Å². The smallest absolute Gasteiger partial charge is 0.137 e. The van der Waals surface area contributed by atoms with Crippen LogP contribution in [0.25, 0.3) is 44.4 Å². The molecule has 5 heteroatoms. The summed E-state index contributed by atoms with van der Waals surface area (Å²) in [5, 5.41) is 7.57. The predicted octanol–water partition coefficient (Wildman–Crippen LogP) is 10.7. The number of aromatic nitrogens is 4. The van der Waals surface area contributed by atoms with Gasteiger partial charge in [-0.3, -0.25) is 4.57 Å². The third-order valence-electron chi connectivity index (χ3n) is 8.46. The molecular weight excluding hydrogens is 552 g/mol. The molecule has 7 aromatic rings. The second-order valence-electron chi connectivity index (χ2n) is 12.6. The number of benzene rings is 4. The Labute approximate surface area is 264 Å². The summed E-state index contributed by atoms with van der Waals surface area (Å²) in [6, 6.07) is 36.0. The van der Waals surface area contributed by atoms with Crippen LogP contribution in [0.4, 0.5) is 0 Å². The van der Waals surface area contributed by atoms with Crippen molar-refractivity contribution in [2.24, 2.45) is 0 Å². The number of fused-ring (bicyclic) bond motifs is 3. The molecule has 0 bridgehead atoms. The summed E-state index contributed by atoms with van der Waals surface area (Å²) in [5.74, 6) is 2.97. The van der Waals surface area contributed by atoms with Gasteiger partial charge >= 0.3 is 0 Å². The van der Waals surface area contributed by atoms with E-state index < -0.39 is 0 Å². The molecule has 0 N–H and O–H groups in total. The molecule has 0 spiro atoms. The Morgan fingerprint density at radius 2 is 1.40 bits per heavy atom. The van der Waals surface area contributed by atoms with Gasteiger partial charge in [0.15, 0.2) is 0 Å². The molecule has 0 saturated carbocycles. The van der Waals surface area contributed by atoms with Crippen LogP contribution in [0, 0.1) is 13.8 Å². The fourth-order valence-electron chi connectivity index (χ4n) is 6.32. The lowest BCUT2D eigenvalue weighted by Gasteiger charge is -2.15. The lowest BCUT2D eigenvalue weighted by molar-refractivity contribution is 0.482. The van der Waals surface area contributed by atoms with Crippen molar-refractivity contribution in [2.45, 2.75) is 53.4 Å². The Hall–Kier alpha value is -5.16. The van der Waals surface area contributed by atoms with E-state index in [1.165, 1.54) is 33.3 Å². The lowest BCUT2D eigenvalue weighted by atomic mass is 9.93. The van der Waals surface area contributed by atoms with Gasteiger partial charge in [-0.2, -0.15) is 5.10 Å². The fraction of sp³-hybridized carbons (Fsp3) is 0.200. The van der Waals surface area contributed by atoms with Crippen molar-refractivity contribution in [3.05, 3.63) is 132 Å². The fourth-order valence-corrected chi connectivity index (χ4v) is 6.32. The summed E-state index contributed by atoms with van der Waals surface area (Å²) in [4.78, 5) is 4.72. The molecule has 0 aliphatic carbocycles. The van der Waals surface area contributed by atoms with Crippen LogP contribution in [0.1, 0.15) is 62.0 Å². The molecule has 224 valence electrons. The minimum atomic E-state index is 0.269. The third kappa shape index (κ3) is 5.18. The van der Waals surface area contributed by atoms with Crippen LogP contribution in [-0.4, -0.2) is 19.3 Å². The van der Waals surface area contributed by atoms with Crippen molar-refractivity contribution in [2.75, 3.05) is 0 Å². The zero-order chi connectivity index (χ0) is 31.2. The zero-order valence-corrected chi connectivity index (χ0v) is 26.7. The van der Waals surface area contributed by atoms with Gasteiger partial charge in [-0.15, -0.1) is 0 Å². The van der Waals surface area contributed by atoms with Crippen molar-refractivity contribution < 1.29 is 4.74 Å². The van der Waals surface area contributed by atoms with Crippen LogP contribution in [0.15, 0.2) is 109 Å². The van der Waals surface area contributed by atoms with Gasteiger partial charge in [0.1, 0.15) is 17.3 Å². The second-order valence-corrected chi connectivity index (χ2v) is 12.6. The van der Waals surface area contributed by atoms with Gasteiger partial charge in [0.25, 0.3) is 0 Å². The van der Waals surface area contributed by atoms with Gasteiger partial charge < -0.3 is 4.74 Å². The number of ether oxygens (including phenoxy) is 1. The molecule has 0 aliphatic heterocycles. The molecule has 0 atom stereocenters. The highest BCUT2D eigenvalue weighted by atomic mass is 16.5. The van der Waals surface area contributed by atoms with Gasteiger partial charge in [0.2, 0.25) is 0 Å². The van der Waals surface area contributed by atoms with Crippen LogP contribution < -0.4 is 4.74 Å². The second kappa shape index (κ2) is 11.4. The number of pyridine rings is 1. The summed E-state index contributed by atoms with van der Waals surface area (Å²) in [6.07, 6.45) is 1.87. The molecule has 0 radical (unpaired) electrons. The lowest BCUT2D eigenvalue weighted by Crippen LogP contribution is -2.05. The first-order valence-corrected chi connectivity index (χ1v) is 15.7. The minimum Gasteiger partial charge on any atom is -0.457 e. The molecule has 7 rings (SSSR count). The number of hydrogen-bond acceptors (Lipinski definition) is 3. The Morgan fingerprint density at radius 1 is 0.644 bits per heavy atom. The van der Waals surface area contributed by atoms with E-state index in [1.807, 2.05) is 24.4 Å². The molecule has 0 fully saturated rings. The first-order chi connectivity index (χ1) is 21.8. The Balaban J connectivity index is 1.32. The number of aryl methyl sites for hydroxylation is 2. The van der Waals surface area contributed by atoms with Crippen LogP contribution in [0.3, 0.4) is 0 Å². The van der Waals surface area contributed by atoms with Crippen molar-refractivity contribution in [3.8, 4) is 34.1 Å². The van der Waals surface area contributed by atoms with E-state index in [-0.39, 0.29) is 11.8 Å². The maximum atomic E-state index is 6.57. The first-order valence-electron chi connectivity index (χ1n) is 15.7. The van der Waals surface area contributed by atoms with Crippen molar-refractivity contribution in [1.29, 1.82) is 0 Å². The van der Waals surface area contributed by atoms with Crippen LogP contribution in [0.2, 0.25) is 0 Å².